The number of hydrogen-bond acceptors (Lipinski definition) is 5. The highest BCUT2D eigenvalue weighted by Crippen LogP contribution is 2.06. The molecule has 1 aromatic rings. The summed E-state index contributed by atoms with van der Waals surface area (Å²) in [6, 6.07) is 0. The molecule has 0 unspecified atom stereocenters. The Balaban J connectivity index is 2.60. The van der Waals surface area contributed by atoms with Crippen molar-refractivity contribution in [1.82, 2.24) is 14.5 Å². The Labute approximate surface area is 99.8 Å². The summed E-state index contributed by atoms with van der Waals surface area (Å²) in [4.78, 5) is 11.1. The highest BCUT2D eigenvalue weighted by Gasteiger charge is 2.23. The van der Waals surface area contributed by atoms with Crippen molar-refractivity contribution in [3.8, 4) is 0 Å². The minimum absolute atomic E-state index is 0.165. The summed E-state index contributed by atoms with van der Waals surface area (Å²) in [5, 5.41) is 6.29. The Hall–Kier alpha value is -1.41. The predicted molar refractivity (Wildman–Crippen MR) is 60.5 cm³/mol. The minimum atomic E-state index is -3.64. The summed E-state index contributed by atoms with van der Waals surface area (Å²) in [7, 11) is -2.24. The first-order valence-corrected chi connectivity index (χ1v) is 6.64. The zero-order valence-corrected chi connectivity index (χ0v) is 10.5. The molecule has 1 rings (SSSR count). The van der Waals surface area contributed by atoms with E-state index in [4.69, 9.17) is 0 Å². The van der Waals surface area contributed by atoms with Crippen molar-refractivity contribution < 1.29 is 17.9 Å². The molecule has 1 heterocycles. The number of esters is 1. The summed E-state index contributed by atoms with van der Waals surface area (Å²) >= 11 is 0. The van der Waals surface area contributed by atoms with E-state index in [1.807, 2.05) is 0 Å². The summed E-state index contributed by atoms with van der Waals surface area (Å²) < 4.78 is 29.2. The number of carbonyl (C=O) groups excluding carboxylic acids is 1. The molecule has 0 radical (unpaired) electrons. The van der Waals surface area contributed by atoms with Gasteiger partial charge in [0.25, 0.3) is 0 Å². The molecule has 1 N–H and O–H groups in total. The van der Waals surface area contributed by atoms with Gasteiger partial charge in [-0.05, 0) is 6.92 Å². The van der Waals surface area contributed by atoms with Gasteiger partial charge in [-0.1, -0.05) is 0 Å². The van der Waals surface area contributed by atoms with E-state index in [0.29, 0.717) is 0 Å². The van der Waals surface area contributed by atoms with Crippen LogP contribution in [0.4, 0.5) is 0 Å². The van der Waals surface area contributed by atoms with Crippen LogP contribution in [0.15, 0.2) is 12.4 Å². The average molecular weight is 261 g/mol. The van der Waals surface area contributed by atoms with Crippen molar-refractivity contribution in [3.63, 3.8) is 0 Å². The lowest BCUT2D eigenvalue weighted by atomic mass is 10.4. The first-order chi connectivity index (χ1) is 7.95. The molecule has 0 aliphatic heterocycles. The maximum atomic E-state index is 11.7. The van der Waals surface area contributed by atoms with Crippen LogP contribution >= 0.6 is 0 Å². The standard InChI is InChI=1S/C9H15N3O4S/c1-3-16-9(13)7-17(14,15)12(2)6-8-4-10-11-5-8/h4-5H,3,6-7H2,1-2H3,(H,10,11). The van der Waals surface area contributed by atoms with Gasteiger partial charge in [0.15, 0.2) is 5.75 Å². The van der Waals surface area contributed by atoms with Crippen molar-refractivity contribution in [1.29, 1.82) is 0 Å². The Morgan fingerprint density at radius 3 is 2.82 bits per heavy atom. The lowest BCUT2D eigenvalue weighted by Gasteiger charge is -2.15. The molecule has 0 aromatic carbocycles. The molecule has 0 spiro atoms. The van der Waals surface area contributed by atoms with Crippen LogP contribution in [0.1, 0.15) is 12.5 Å². The van der Waals surface area contributed by atoms with Gasteiger partial charge in [0, 0.05) is 25.4 Å². The Morgan fingerprint density at radius 1 is 1.59 bits per heavy atom. The Bertz CT molecular complexity index is 455. The molecule has 0 fully saturated rings. The first kappa shape index (κ1) is 13.7. The van der Waals surface area contributed by atoms with Crippen LogP contribution in [0.25, 0.3) is 0 Å². The molecular formula is C9H15N3O4S. The van der Waals surface area contributed by atoms with Gasteiger partial charge < -0.3 is 4.74 Å². The molecule has 1 aromatic heterocycles. The number of sulfonamides is 1. The van der Waals surface area contributed by atoms with E-state index in [-0.39, 0.29) is 13.2 Å². The maximum absolute atomic E-state index is 11.7. The summed E-state index contributed by atoms with van der Waals surface area (Å²) in [5.41, 5.74) is 0.722. The minimum Gasteiger partial charge on any atom is -0.465 e. The summed E-state index contributed by atoms with van der Waals surface area (Å²) in [6.07, 6.45) is 3.12. The molecule has 0 saturated carbocycles. The van der Waals surface area contributed by atoms with Crippen LogP contribution < -0.4 is 0 Å². The maximum Gasteiger partial charge on any atom is 0.322 e. The Morgan fingerprint density at radius 2 is 2.29 bits per heavy atom. The Kier molecular flexibility index (Phi) is 4.64. The van der Waals surface area contributed by atoms with Crippen LogP contribution in [0.2, 0.25) is 0 Å². The van der Waals surface area contributed by atoms with E-state index >= 15 is 0 Å². The van der Waals surface area contributed by atoms with Crippen LogP contribution in [0.5, 0.6) is 0 Å². The first-order valence-electron chi connectivity index (χ1n) is 5.03. The van der Waals surface area contributed by atoms with Gasteiger partial charge >= 0.3 is 5.97 Å². The molecule has 17 heavy (non-hydrogen) atoms. The van der Waals surface area contributed by atoms with E-state index in [1.54, 1.807) is 13.1 Å². The number of hydrogen-bond donors (Lipinski definition) is 1. The van der Waals surface area contributed by atoms with Crippen LogP contribution in [0.3, 0.4) is 0 Å². The molecule has 0 atom stereocenters. The van der Waals surface area contributed by atoms with Gasteiger partial charge in [-0.25, -0.2) is 8.42 Å². The summed E-state index contributed by atoms with van der Waals surface area (Å²) in [5.74, 6) is -1.39. The normalized spacial score (nSPS) is 11.7. The molecule has 0 bridgehead atoms. The molecule has 0 aliphatic rings. The lowest BCUT2D eigenvalue weighted by Crippen LogP contribution is -2.32. The number of nitrogens with one attached hydrogen (secondary N) is 1. The largest absolute Gasteiger partial charge is 0.465 e. The number of ether oxygens (including phenoxy) is 1. The van der Waals surface area contributed by atoms with Crippen LogP contribution in [-0.4, -0.2) is 48.3 Å². The second kappa shape index (κ2) is 5.78. The third-order valence-corrected chi connectivity index (χ3v) is 3.72. The van der Waals surface area contributed by atoms with Gasteiger partial charge in [0.2, 0.25) is 10.0 Å². The van der Waals surface area contributed by atoms with Crippen molar-refractivity contribution in [3.05, 3.63) is 18.0 Å². The molecule has 0 aliphatic carbocycles. The number of H-pyrrole nitrogens is 1. The third-order valence-electron chi connectivity index (χ3n) is 2.04. The fourth-order valence-electron chi connectivity index (χ4n) is 1.18. The van der Waals surface area contributed by atoms with Gasteiger partial charge in [-0.2, -0.15) is 9.40 Å². The second-order valence-corrected chi connectivity index (χ2v) is 5.50. The third kappa shape index (κ3) is 4.16. The van der Waals surface area contributed by atoms with Gasteiger partial charge in [0.1, 0.15) is 0 Å². The SMILES string of the molecule is CCOC(=O)CS(=O)(=O)N(C)Cc1cn[nH]c1. The molecule has 7 nitrogen and oxygen atoms in total. The van der Waals surface area contributed by atoms with E-state index in [0.717, 1.165) is 9.87 Å². The average Bonchev–Trinajstić information content (AvgIpc) is 2.69. The number of rotatable bonds is 6. The van der Waals surface area contributed by atoms with Gasteiger partial charge in [-0.15, -0.1) is 0 Å². The predicted octanol–water partition coefficient (Wildman–Crippen LogP) is -0.266. The zero-order valence-electron chi connectivity index (χ0n) is 9.71. The topological polar surface area (TPSA) is 92.4 Å². The molecule has 0 amide bonds. The van der Waals surface area contributed by atoms with Crippen molar-refractivity contribution in [2.75, 3.05) is 19.4 Å². The summed E-state index contributed by atoms with van der Waals surface area (Å²) in [6.45, 7) is 1.96. The molecule has 0 saturated heterocycles. The highest BCUT2D eigenvalue weighted by molar-refractivity contribution is 7.89. The molecule has 8 heteroatoms. The van der Waals surface area contributed by atoms with Crippen LogP contribution in [0, 0.1) is 0 Å². The number of nitrogens with zero attached hydrogens (tertiary/aromatic N) is 2. The fraction of sp³-hybridized carbons (Fsp3) is 0.556. The monoisotopic (exact) mass is 261 g/mol. The second-order valence-electron chi connectivity index (χ2n) is 3.42. The van der Waals surface area contributed by atoms with Crippen LogP contribution in [-0.2, 0) is 26.1 Å². The fourth-order valence-corrected chi connectivity index (χ4v) is 2.13. The van der Waals surface area contributed by atoms with E-state index < -0.39 is 21.7 Å². The zero-order chi connectivity index (χ0) is 12.9. The number of carbonyl (C=O) groups is 1. The molecule has 96 valence electrons. The van der Waals surface area contributed by atoms with E-state index in [2.05, 4.69) is 14.9 Å². The smallest absolute Gasteiger partial charge is 0.322 e. The van der Waals surface area contributed by atoms with Crippen molar-refractivity contribution in [2.45, 2.75) is 13.5 Å². The van der Waals surface area contributed by atoms with E-state index in [1.165, 1.54) is 13.2 Å². The highest BCUT2D eigenvalue weighted by atomic mass is 32.2. The van der Waals surface area contributed by atoms with Crippen molar-refractivity contribution in [2.24, 2.45) is 0 Å². The number of aromatic nitrogens is 2. The molecular weight excluding hydrogens is 246 g/mol. The van der Waals surface area contributed by atoms with Crippen molar-refractivity contribution >= 4 is 16.0 Å². The van der Waals surface area contributed by atoms with Gasteiger partial charge in [-0.3, -0.25) is 9.89 Å². The van der Waals surface area contributed by atoms with E-state index in [9.17, 15) is 13.2 Å². The van der Waals surface area contributed by atoms with Gasteiger partial charge in [0.05, 0.1) is 12.8 Å². The number of aromatic amines is 1. The quantitative estimate of drug-likeness (QED) is 0.712. The lowest BCUT2D eigenvalue weighted by molar-refractivity contribution is -0.140.